The van der Waals surface area contributed by atoms with Crippen molar-refractivity contribution in [1.29, 1.82) is 0 Å². The highest BCUT2D eigenvalue weighted by Gasteiger charge is 2.53. The van der Waals surface area contributed by atoms with E-state index in [4.69, 9.17) is 4.74 Å². The molecule has 0 unspecified atom stereocenters. The highest BCUT2D eigenvalue weighted by Crippen LogP contribution is 2.60. The molecule has 0 saturated heterocycles. The Morgan fingerprint density at radius 2 is 1.89 bits per heavy atom. The molecule has 1 N–H and O–H groups in total. The highest BCUT2D eigenvalue weighted by atomic mass is 16.5. The molecule has 0 aromatic carbocycles. The van der Waals surface area contributed by atoms with Gasteiger partial charge in [0.1, 0.15) is 0 Å². The molecule has 2 aliphatic carbocycles. The molecular formula is C23H38O4. The van der Waals surface area contributed by atoms with Crippen LogP contribution in [0.15, 0.2) is 11.6 Å². The van der Waals surface area contributed by atoms with E-state index in [9.17, 15) is 14.7 Å². The summed E-state index contributed by atoms with van der Waals surface area (Å²) in [6, 6.07) is 0. The Bertz CT molecular complexity index is 589. The first kappa shape index (κ1) is 22.0. The van der Waals surface area contributed by atoms with E-state index in [1.165, 1.54) is 12.8 Å². The van der Waals surface area contributed by atoms with Crippen LogP contribution in [0.5, 0.6) is 0 Å². The summed E-state index contributed by atoms with van der Waals surface area (Å²) in [6.45, 7) is 13.2. The van der Waals surface area contributed by atoms with Gasteiger partial charge in [-0.2, -0.15) is 0 Å². The number of fused-ring (bicyclic) bond motifs is 1. The molecule has 0 heterocycles. The number of hydrogen-bond donors (Lipinski definition) is 1. The minimum atomic E-state index is -0.762. The van der Waals surface area contributed by atoms with Gasteiger partial charge in [0.15, 0.2) is 0 Å². The molecule has 0 spiro atoms. The molecule has 4 nitrogen and oxygen atoms in total. The van der Waals surface area contributed by atoms with Crippen molar-refractivity contribution in [2.24, 2.45) is 34.5 Å². The van der Waals surface area contributed by atoms with Crippen LogP contribution in [0.4, 0.5) is 0 Å². The molecule has 0 aromatic rings. The first-order chi connectivity index (χ1) is 12.5. The maximum absolute atomic E-state index is 11.9. The van der Waals surface area contributed by atoms with E-state index >= 15 is 0 Å². The molecule has 0 radical (unpaired) electrons. The Hall–Kier alpha value is -1.32. The average molecular weight is 379 g/mol. The third-order valence-electron chi connectivity index (χ3n) is 7.20. The predicted molar refractivity (Wildman–Crippen MR) is 107 cm³/mol. The second-order valence-electron chi connectivity index (χ2n) is 10.1. The number of aliphatic carboxylic acids is 1. The number of hydrogen-bond acceptors (Lipinski definition) is 3. The zero-order valence-corrected chi connectivity index (χ0v) is 18.0. The quantitative estimate of drug-likeness (QED) is 0.597. The Balaban J connectivity index is 2.11. The molecule has 2 rings (SSSR count). The molecule has 0 aliphatic heterocycles. The topological polar surface area (TPSA) is 63.6 Å². The molecule has 2 aliphatic rings. The van der Waals surface area contributed by atoms with Crippen molar-refractivity contribution in [3.63, 3.8) is 0 Å². The van der Waals surface area contributed by atoms with Gasteiger partial charge in [0.2, 0.25) is 0 Å². The lowest BCUT2D eigenvalue weighted by molar-refractivity contribution is -0.148. The molecule has 27 heavy (non-hydrogen) atoms. The van der Waals surface area contributed by atoms with Gasteiger partial charge in [0.25, 0.3) is 0 Å². The second kappa shape index (κ2) is 8.36. The maximum Gasteiger partial charge on any atom is 0.331 e. The van der Waals surface area contributed by atoms with Crippen molar-refractivity contribution in [2.45, 2.75) is 80.1 Å². The minimum Gasteiger partial charge on any atom is -0.478 e. The largest absolute Gasteiger partial charge is 0.478 e. The molecule has 1 saturated carbocycles. The lowest BCUT2D eigenvalue weighted by atomic mass is 9.48. The van der Waals surface area contributed by atoms with Crippen molar-refractivity contribution in [1.82, 2.24) is 0 Å². The van der Waals surface area contributed by atoms with E-state index in [2.05, 4.69) is 27.7 Å². The molecule has 0 amide bonds. The first-order valence-corrected chi connectivity index (χ1v) is 10.6. The van der Waals surface area contributed by atoms with Crippen LogP contribution in [0, 0.1) is 34.5 Å². The average Bonchev–Trinajstić information content (AvgIpc) is 2.56. The number of carbonyl (C=O) groups is 2. The number of carboxylic acid groups (broad SMARTS) is 1. The van der Waals surface area contributed by atoms with E-state index in [0.717, 1.165) is 25.7 Å². The van der Waals surface area contributed by atoms with Gasteiger partial charge in [-0.05, 0) is 60.7 Å². The molecule has 0 bridgehead atoms. The van der Waals surface area contributed by atoms with Crippen LogP contribution in [-0.2, 0) is 14.3 Å². The summed E-state index contributed by atoms with van der Waals surface area (Å²) in [5, 5.41) is 9.81. The third kappa shape index (κ3) is 4.75. The first-order valence-electron chi connectivity index (χ1n) is 10.6. The third-order valence-corrected chi connectivity index (χ3v) is 7.20. The lowest BCUT2D eigenvalue weighted by Crippen LogP contribution is -2.49. The van der Waals surface area contributed by atoms with E-state index in [1.54, 1.807) is 0 Å². The summed E-state index contributed by atoms with van der Waals surface area (Å²) in [7, 11) is 0. The Morgan fingerprint density at radius 3 is 2.48 bits per heavy atom. The monoisotopic (exact) mass is 378 g/mol. The van der Waals surface area contributed by atoms with Crippen LogP contribution in [0.3, 0.4) is 0 Å². The SMILES string of the molecule is CC(C)C(=O)OC[C@H](C)CC[C@H]1C(C(=O)O)=CC[C@H]2C(C)(C)CCC[C@]12C. The molecular weight excluding hydrogens is 340 g/mol. The summed E-state index contributed by atoms with van der Waals surface area (Å²) in [5.74, 6) is -0.185. The number of carbonyl (C=O) groups excluding carboxylic acids is 1. The van der Waals surface area contributed by atoms with Crippen molar-refractivity contribution >= 4 is 11.9 Å². The van der Waals surface area contributed by atoms with Crippen LogP contribution >= 0.6 is 0 Å². The van der Waals surface area contributed by atoms with Crippen LogP contribution in [0.1, 0.15) is 80.1 Å². The molecule has 154 valence electrons. The van der Waals surface area contributed by atoms with Gasteiger partial charge in [-0.25, -0.2) is 4.79 Å². The zero-order valence-electron chi connectivity index (χ0n) is 18.0. The standard InChI is InChI=1S/C23H38O4/c1-15(2)21(26)27-14-16(3)8-10-18-17(20(24)25)9-11-19-22(4,5)12-7-13-23(18,19)6/h9,15-16,18-19H,7-8,10-14H2,1-6H3,(H,24,25)/t16-,18+,19+,23-/m1/s1. The summed E-state index contributed by atoms with van der Waals surface area (Å²) in [4.78, 5) is 23.6. The molecule has 4 atom stereocenters. The number of carboxylic acids is 1. The van der Waals surface area contributed by atoms with Gasteiger partial charge in [-0.1, -0.05) is 54.0 Å². The summed E-state index contributed by atoms with van der Waals surface area (Å²) >= 11 is 0. The van der Waals surface area contributed by atoms with Gasteiger partial charge < -0.3 is 9.84 Å². The van der Waals surface area contributed by atoms with E-state index in [1.807, 2.05) is 19.9 Å². The van der Waals surface area contributed by atoms with Gasteiger partial charge in [0.05, 0.1) is 12.5 Å². The van der Waals surface area contributed by atoms with Crippen molar-refractivity contribution in [3.8, 4) is 0 Å². The number of allylic oxidation sites excluding steroid dienone is 1. The van der Waals surface area contributed by atoms with E-state index in [0.29, 0.717) is 18.1 Å². The minimum absolute atomic E-state index is 0.0402. The Kier molecular flexibility index (Phi) is 6.81. The second-order valence-corrected chi connectivity index (χ2v) is 10.1. The van der Waals surface area contributed by atoms with E-state index in [-0.39, 0.29) is 34.6 Å². The van der Waals surface area contributed by atoms with Crippen molar-refractivity contribution in [3.05, 3.63) is 11.6 Å². The Morgan fingerprint density at radius 1 is 1.22 bits per heavy atom. The molecule has 4 heteroatoms. The lowest BCUT2D eigenvalue weighted by Gasteiger charge is -2.56. The van der Waals surface area contributed by atoms with Gasteiger partial charge in [-0.15, -0.1) is 0 Å². The highest BCUT2D eigenvalue weighted by molar-refractivity contribution is 5.87. The predicted octanol–water partition coefficient (Wildman–Crippen LogP) is 5.47. The zero-order chi connectivity index (χ0) is 20.4. The number of esters is 1. The summed E-state index contributed by atoms with van der Waals surface area (Å²) in [5.41, 5.74) is 0.903. The van der Waals surface area contributed by atoms with Gasteiger partial charge in [-0.3, -0.25) is 4.79 Å². The van der Waals surface area contributed by atoms with E-state index < -0.39 is 5.97 Å². The van der Waals surface area contributed by atoms with Crippen LogP contribution < -0.4 is 0 Å². The summed E-state index contributed by atoms with van der Waals surface area (Å²) in [6.07, 6.45) is 8.10. The fourth-order valence-electron chi connectivity index (χ4n) is 5.56. The fraction of sp³-hybridized carbons (Fsp3) is 0.826. The van der Waals surface area contributed by atoms with Crippen molar-refractivity contribution < 1.29 is 19.4 Å². The smallest absolute Gasteiger partial charge is 0.331 e. The number of rotatable bonds is 7. The normalized spacial score (nSPS) is 31.0. The van der Waals surface area contributed by atoms with Crippen LogP contribution in [0.2, 0.25) is 0 Å². The Labute approximate surface area is 164 Å². The molecule has 1 fully saturated rings. The van der Waals surface area contributed by atoms with Gasteiger partial charge >= 0.3 is 11.9 Å². The van der Waals surface area contributed by atoms with Gasteiger partial charge in [0, 0.05) is 5.57 Å². The fourth-order valence-corrected chi connectivity index (χ4v) is 5.56. The van der Waals surface area contributed by atoms with Crippen LogP contribution in [0.25, 0.3) is 0 Å². The number of ether oxygens (including phenoxy) is 1. The maximum atomic E-state index is 11.9. The summed E-state index contributed by atoms with van der Waals surface area (Å²) < 4.78 is 5.37. The van der Waals surface area contributed by atoms with Crippen LogP contribution in [-0.4, -0.2) is 23.7 Å². The molecule has 0 aromatic heterocycles. The van der Waals surface area contributed by atoms with Crippen molar-refractivity contribution in [2.75, 3.05) is 6.61 Å².